The molecule has 2 aliphatic rings. The third-order valence-electron chi connectivity index (χ3n) is 12.4. The number of hydrogen-bond acceptors (Lipinski definition) is 1. The molecular weight excluding hydrogens is 689 g/mol. The molecule has 10 aromatic rings. The Bertz CT molecular complexity index is 3250. The van der Waals surface area contributed by atoms with Crippen molar-refractivity contribution in [3.05, 3.63) is 212 Å². The molecule has 1 aliphatic heterocycles. The van der Waals surface area contributed by atoms with Crippen molar-refractivity contribution in [2.24, 2.45) is 0 Å². The van der Waals surface area contributed by atoms with E-state index in [0.717, 1.165) is 5.75 Å². The van der Waals surface area contributed by atoms with Crippen LogP contribution in [0.4, 0.5) is 0 Å². The first-order chi connectivity index (χ1) is 28.3. The first-order valence-corrected chi connectivity index (χ1v) is 19.9. The van der Waals surface area contributed by atoms with Crippen molar-refractivity contribution >= 4 is 53.9 Å². The predicted molar refractivity (Wildman–Crippen MR) is 241 cm³/mol. The summed E-state index contributed by atoms with van der Waals surface area (Å²) in [4.78, 5) is 0. The number of ether oxygens (including phenoxy) is 1. The van der Waals surface area contributed by atoms with Crippen LogP contribution in [0.5, 0.6) is 5.75 Å². The summed E-state index contributed by atoms with van der Waals surface area (Å²) in [7, 11) is 0. The van der Waals surface area contributed by atoms with Crippen LogP contribution in [0.25, 0.3) is 98.4 Å². The Labute approximate surface area is 331 Å². The minimum atomic E-state index is 0.0807. The van der Waals surface area contributed by atoms with Gasteiger partial charge in [-0.2, -0.15) is 0 Å². The molecule has 0 saturated heterocycles. The van der Waals surface area contributed by atoms with Crippen LogP contribution in [-0.4, -0.2) is 6.10 Å². The van der Waals surface area contributed by atoms with Gasteiger partial charge in [-0.1, -0.05) is 170 Å². The van der Waals surface area contributed by atoms with Crippen molar-refractivity contribution in [2.45, 2.75) is 12.0 Å². The summed E-state index contributed by atoms with van der Waals surface area (Å²) in [5.74, 6) is 1.24. The van der Waals surface area contributed by atoms with Crippen molar-refractivity contribution in [1.29, 1.82) is 0 Å². The zero-order valence-electron chi connectivity index (χ0n) is 31.2. The predicted octanol–water partition coefficient (Wildman–Crippen LogP) is 15.1. The molecule has 2 atom stereocenters. The number of allylic oxidation sites excluding steroid dienone is 2. The second-order valence-corrected chi connectivity index (χ2v) is 15.5. The zero-order valence-corrected chi connectivity index (χ0v) is 31.2. The van der Waals surface area contributed by atoms with Crippen molar-refractivity contribution < 1.29 is 4.74 Å². The fourth-order valence-corrected chi connectivity index (χ4v) is 9.77. The van der Waals surface area contributed by atoms with Gasteiger partial charge in [-0.25, -0.2) is 0 Å². The van der Waals surface area contributed by atoms with Gasteiger partial charge in [0.25, 0.3) is 0 Å². The second-order valence-electron chi connectivity index (χ2n) is 15.5. The van der Waals surface area contributed by atoms with Gasteiger partial charge in [0.2, 0.25) is 0 Å². The molecule has 0 fully saturated rings. The first kappa shape index (κ1) is 32.1. The molecule has 2 unspecified atom stereocenters. The van der Waals surface area contributed by atoms with E-state index in [2.05, 4.69) is 206 Å². The fraction of sp³-hybridized carbons (Fsp3) is 0.0357. The zero-order chi connectivity index (χ0) is 37.5. The number of rotatable bonds is 4. The van der Waals surface area contributed by atoms with Crippen LogP contribution < -0.4 is 4.74 Å². The standard InChI is InChI=1S/C56H36O/c1-2-19-43-41(17-1)42-18-3-4-20-44(42)51-33-37(27-29-45(43)51)35-13-11-15-39(31-35)55-47-22-5-7-24-49(47)56(50-25-8-6-23-48(50)55)40-16-12-14-36(32-40)38-28-30-54-52(34-38)46-21-9-10-26-53(46)57-54/h1-34,46,53H. The molecule has 12 rings (SSSR count). The molecule has 0 saturated carbocycles. The third-order valence-corrected chi connectivity index (χ3v) is 12.4. The van der Waals surface area contributed by atoms with Gasteiger partial charge in [-0.05, 0) is 135 Å². The Morgan fingerprint density at radius 2 is 0.719 bits per heavy atom. The summed E-state index contributed by atoms with van der Waals surface area (Å²) >= 11 is 0. The van der Waals surface area contributed by atoms with E-state index < -0.39 is 0 Å². The van der Waals surface area contributed by atoms with Gasteiger partial charge in [0.1, 0.15) is 11.9 Å². The molecule has 0 N–H and O–H groups in total. The third kappa shape index (κ3) is 5.02. The average molecular weight is 725 g/mol. The van der Waals surface area contributed by atoms with E-state index in [1.807, 2.05) is 0 Å². The molecule has 0 radical (unpaired) electrons. The average Bonchev–Trinajstić information content (AvgIpc) is 3.66. The normalized spacial score (nSPS) is 15.7. The van der Waals surface area contributed by atoms with Crippen molar-refractivity contribution in [3.8, 4) is 50.3 Å². The topological polar surface area (TPSA) is 9.23 Å². The second kappa shape index (κ2) is 12.7. The van der Waals surface area contributed by atoms with Crippen molar-refractivity contribution in [1.82, 2.24) is 0 Å². The maximum Gasteiger partial charge on any atom is 0.128 e. The minimum absolute atomic E-state index is 0.0807. The Hall–Kier alpha value is -7.22. The smallest absolute Gasteiger partial charge is 0.128 e. The van der Waals surface area contributed by atoms with Crippen LogP contribution in [0.2, 0.25) is 0 Å². The highest BCUT2D eigenvalue weighted by Crippen LogP contribution is 2.47. The molecule has 1 aliphatic carbocycles. The molecule has 0 bridgehead atoms. The Morgan fingerprint density at radius 3 is 1.28 bits per heavy atom. The van der Waals surface area contributed by atoms with E-state index in [1.54, 1.807) is 0 Å². The lowest BCUT2D eigenvalue weighted by Gasteiger charge is -2.19. The van der Waals surface area contributed by atoms with Gasteiger partial charge in [-0.15, -0.1) is 0 Å². The van der Waals surface area contributed by atoms with Gasteiger partial charge in [-0.3, -0.25) is 0 Å². The summed E-state index contributed by atoms with van der Waals surface area (Å²) in [6.07, 6.45) is 8.72. The molecule has 1 heteroatoms. The van der Waals surface area contributed by atoms with Gasteiger partial charge in [0.05, 0.1) is 0 Å². The monoisotopic (exact) mass is 724 g/mol. The molecule has 0 aromatic heterocycles. The fourth-order valence-electron chi connectivity index (χ4n) is 9.77. The number of hydrogen-bond donors (Lipinski definition) is 0. The summed E-state index contributed by atoms with van der Waals surface area (Å²) in [6.45, 7) is 0. The van der Waals surface area contributed by atoms with Crippen LogP contribution in [0.15, 0.2) is 206 Å². The number of benzene rings is 10. The van der Waals surface area contributed by atoms with Crippen LogP contribution in [0.1, 0.15) is 11.5 Å². The summed E-state index contributed by atoms with van der Waals surface area (Å²) in [5.41, 5.74) is 11.1. The lowest BCUT2D eigenvalue weighted by molar-refractivity contribution is 0.269. The van der Waals surface area contributed by atoms with Crippen LogP contribution in [-0.2, 0) is 0 Å². The van der Waals surface area contributed by atoms with E-state index in [0.29, 0.717) is 0 Å². The molecular formula is C56H36O. The SMILES string of the molecule is C1=CC2Oc3ccc(-c4cccc(-c5c6ccccc6c(-c6cccc(-c7ccc8c9ccccc9c9ccccc9c8c7)c6)c6ccccc56)c4)cc3C2C=C1. The number of fused-ring (bicyclic) bond motifs is 11. The van der Waals surface area contributed by atoms with E-state index in [9.17, 15) is 0 Å². The lowest BCUT2D eigenvalue weighted by atomic mass is 9.84. The van der Waals surface area contributed by atoms with Gasteiger partial charge in [0, 0.05) is 11.5 Å². The first-order valence-electron chi connectivity index (χ1n) is 19.9. The maximum atomic E-state index is 6.28. The van der Waals surface area contributed by atoms with E-state index in [1.165, 1.54) is 104 Å². The molecule has 0 amide bonds. The van der Waals surface area contributed by atoms with Crippen LogP contribution in [0.3, 0.4) is 0 Å². The quantitative estimate of drug-likeness (QED) is 0.130. The Morgan fingerprint density at radius 1 is 0.298 bits per heavy atom. The highest BCUT2D eigenvalue weighted by Gasteiger charge is 2.32. The summed E-state index contributed by atoms with van der Waals surface area (Å²) in [5, 5.41) is 12.8. The van der Waals surface area contributed by atoms with Crippen LogP contribution >= 0.6 is 0 Å². The van der Waals surface area contributed by atoms with E-state index in [4.69, 9.17) is 4.74 Å². The van der Waals surface area contributed by atoms with Gasteiger partial charge < -0.3 is 4.74 Å². The van der Waals surface area contributed by atoms with Gasteiger partial charge >= 0.3 is 0 Å². The highest BCUT2D eigenvalue weighted by atomic mass is 16.5. The molecule has 0 spiro atoms. The molecule has 57 heavy (non-hydrogen) atoms. The van der Waals surface area contributed by atoms with E-state index >= 15 is 0 Å². The largest absolute Gasteiger partial charge is 0.485 e. The molecule has 1 nitrogen and oxygen atoms in total. The maximum absolute atomic E-state index is 6.28. The summed E-state index contributed by atoms with van der Waals surface area (Å²) < 4.78 is 6.28. The van der Waals surface area contributed by atoms with E-state index in [-0.39, 0.29) is 12.0 Å². The minimum Gasteiger partial charge on any atom is -0.485 e. The lowest BCUT2D eigenvalue weighted by Crippen LogP contribution is -2.15. The van der Waals surface area contributed by atoms with Crippen molar-refractivity contribution in [3.63, 3.8) is 0 Å². The van der Waals surface area contributed by atoms with Gasteiger partial charge in [0.15, 0.2) is 0 Å². The Kier molecular flexibility index (Phi) is 7.12. The molecule has 10 aromatic carbocycles. The van der Waals surface area contributed by atoms with Crippen molar-refractivity contribution in [2.75, 3.05) is 0 Å². The molecule has 266 valence electrons. The van der Waals surface area contributed by atoms with Crippen LogP contribution in [0, 0.1) is 0 Å². The highest BCUT2D eigenvalue weighted by molar-refractivity contribution is 6.26. The molecule has 1 heterocycles. The summed E-state index contributed by atoms with van der Waals surface area (Å²) in [6, 6.07) is 67.4. The Balaban J connectivity index is 1.01.